The summed E-state index contributed by atoms with van der Waals surface area (Å²) in [7, 11) is 2.00. The minimum atomic E-state index is 0.638. The second-order valence-electron chi connectivity index (χ2n) is 2.53. The fraction of sp³-hybridized carbons (Fsp3) is 0.500. The minimum absolute atomic E-state index is 0.638. The number of hydrogen-bond donors (Lipinski definition) is 1. The summed E-state index contributed by atoms with van der Waals surface area (Å²) < 4.78 is 2.04. The standard InChI is InChI=1S/C8H11N3/c1-11-7-6-10-8(11)4-2-3-5-9/h6-7H,2-4H2,1H3/p+1. The maximum absolute atomic E-state index is 8.30. The Kier molecular flexibility index (Phi) is 2.67. The summed E-state index contributed by atoms with van der Waals surface area (Å²) in [5, 5.41) is 8.30. The molecule has 0 saturated heterocycles. The van der Waals surface area contributed by atoms with Crippen LogP contribution < -0.4 is 4.57 Å². The van der Waals surface area contributed by atoms with E-state index in [2.05, 4.69) is 11.1 Å². The van der Waals surface area contributed by atoms with Crippen LogP contribution in [-0.2, 0) is 13.5 Å². The summed E-state index contributed by atoms with van der Waals surface area (Å²) in [5.41, 5.74) is 0. The smallest absolute Gasteiger partial charge is 0.248 e. The number of hydrogen-bond acceptors (Lipinski definition) is 1. The lowest BCUT2D eigenvalue weighted by atomic mass is 10.2. The molecule has 58 valence electrons. The van der Waals surface area contributed by atoms with Crippen molar-refractivity contribution in [2.45, 2.75) is 19.3 Å². The van der Waals surface area contributed by atoms with Crippen LogP contribution in [0.3, 0.4) is 0 Å². The maximum Gasteiger partial charge on any atom is 0.253 e. The number of H-pyrrole nitrogens is 1. The number of imidazole rings is 1. The van der Waals surface area contributed by atoms with Gasteiger partial charge >= 0.3 is 0 Å². The zero-order valence-electron chi connectivity index (χ0n) is 6.67. The van der Waals surface area contributed by atoms with Crippen molar-refractivity contribution in [1.29, 1.82) is 5.26 Å². The van der Waals surface area contributed by atoms with Gasteiger partial charge in [-0.2, -0.15) is 5.26 Å². The van der Waals surface area contributed by atoms with E-state index < -0.39 is 0 Å². The van der Waals surface area contributed by atoms with Crippen molar-refractivity contribution in [3.8, 4) is 6.07 Å². The van der Waals surface area contributed by atoms with E-state index in [0.29, 0.717) is 6.42 Å². The predicted octanol–water partition coefficient (Wildman–Crippen LogP) is 0.685. The van der Waals surface area contributed by atoms with Crippen LogP contribution in [0.4, 0.5) is 0 Å². The summed E-state index contributed by atoms with van der Waals surface area (Å²) >= 11 is 0. The van der Waals surface area contributed by atoms with E-state index in [-0.39, 0.29) is 0 Å². The second-order valence-corrected chi connectivity index (χ2v) is 2.53. The van der Waals surface area contributed by atoms with Crippen molar-refractivity contribution in [2.24, 2.45) is 7.05 Å². The zero-order chi connectivity index (χ0) is 8.10. The molecule has 0 unspecified atom stereocenters. The van der Waals surface area contributed by atoms with E-state index in [9.17, 15) is 0 Å². The molecule has 0 fully saturated rings. The maximum atomic E-state index is 8.30. The largest absolute Gasteiger partial charge is 0.253 e. The normalized spacial score (nSPS) is 9.45. The molecule has 0 amide bonds. The number of nitrogens with zero attached hydrogens (tertiary/aromatic N) is 2. The number of unbranched alkanes of at least 4 members (excludes halogenated alkanes) is 1. The van der Waals surface area contributed by atoms with E-state index in [1.807, 2.05) is 24.0 Å². The Morgan fingerprint density at radius 2 is 2.55 bits per heavy atom. The summed E-state index contributed by atoms with van der Waals surface area (Å²) in [4.78, 5) is 3.12. The quantitative estimate of drug-likeness (QED) is 0.500. The van der Waals surface area contributed by atoms with Crippen LogP contribution in [-0.4, -0.2) is 4.98 Å². The molecule has 0 aliphatic heterocycles. The Morgan fingerprint density at radius 3 is 3.09 bits per heavy atom. The van der Waals surface area contributed by atoms with E-state index >= 15 is 0 Å². The summed E-state index contributed by atoms with van der Waals surface area (Å²) in [6, 6.07) is 2.13. The van der Waals surface area contributed by atoms with Gasteiger partial charge in [-0.15, -0.1) is 0 Å². The average Bonchev–Trinajstić information content (AvgIpc) is 2.37. The van der Waals surface area contributed by atoms with Gasteiger partial charge in [-0.3, -0.25) is 0 Å². The third-order valence-electron chi connectivity index (χ3n) is 1.68. The lowest BCUT2D eigenvalue weighted by Crippen LogP contribution is -2.30. The molecular weight excluding hydrogens is 138 g/mol. The number of aromatic nitrogens is 2. The molecule has 0 aliphatic rings. The van der Waals surface area contributed by atoms with Crippen LogP contribution in [0.5, 0.6) is 0 Å². The molecule has 0 atom stereocenters. The SMILES string of the molecule is C[n+]1cc[nH]c1CCCC#N. The molecule has 0 radical (unpaired) electrons. The van der Waals surface area contributed by atoms with Gasteiger partial charge < -0.3 is 0 Å². The van der Waals surface area contributed by atoms with Gasteiger partial charge in [0, 0.05) is 6.42 Å². The third kappa shape index (κ3) is 2.08. The molecule has 1 aromatic rings. The van der Waals surface area contributed by atoms with E-state index in [0.717, 1.165) is 12.8 Å². The third-order valence-corrected chi connectivity index (χ3v) is 1.68. The first-order valence-electron chi connectivity index (χ1n) is 3.73. The van der Waals surface area contributed by atoms with Crippen LogP contribution in [0.15, 0.2) is 12.4 Å². The predicted molar refractivity (Wildman–Crippen MR) is 40.5 cm³/mol. The molecule has 0 aromatic carbocycles. The van der Waals surface area contributed by atoms with Crippen molar-refractivity contribution < 1.29 is 4.57 Å². The summed E-state index contributed by atoms with van der Waals surface area (Å²) in [6.07, 6.45) is 6.41. The molecule has 3 nitrogen and oxygen atoms in total. The monoisotopic (exact) mass is 150 g/mol. The summed E-state index contributed by atoms with van der Waals surface area (Å²) in [6.45, 7) is 0. The molecular formula is C8H12N3+. The minimum Gasteiger partial charge on any atom is -0.248 e. The number of rotatable bonds is 3. The van der Waals surface area contributed by atoms with Crippen molar-refractivity contribution in [1.82, 2.24) is 4.98 Å². The molecule has 11 heavy (non-hydrogen) atoms. The van der Waals surface area contributed by atoms with Crippen LogP contribution in [0.25, 0.3) is 0 Å². The van der Waals surface area contributed by atoms with E-state index in [1.165, 1.54) is 5.82 Å². The fourth-order valence-corrected chi connectivity index (χ4v) is 1.02. The van der Waals surface area contributed by atoms with Gasteiger partial charge in [-0.05, 0) is 6.42 Å². The van der Waals surface area contributed by atoms with Gasteiger partial charge in [0.05, 0.1) is 19.5 Å². The highest BCUT2D eigenvalue weighted by Gasteiger charge is 2.04. The summed E-state index contributed by atoms with van der Waals surface area (Å²) in [5.74, 6) is 1.18. The van der Waals surface area contributed by atoms with Gasteiger partial charge in [-0.1, -0.05) is 0 Å². The van der Waals surface area contributed by atoms with Crippen LogP contribution >= 0.6 is 0 Å². The highest BCUT2D eigenvalue weighted by atomic mass is 15.0. The molecule has 0 aliphatic carbocycles. The van der Waals surface area contributed by atoms with Crippen LogP contribution in [0.1, 0.15) is 18.7 Å². The van der Waals surface area contributed by atoms with E-state index in [1.54, 1.807) is 0 Å². The van der Waals surface area contributed by atoms with Crippen LogP contribution in [0, 0.1) is 11.3 Å². The van der Waals surface area contributed by atoms with Crippen molar-refractivity contribution in [2.75, 3.05) is 0 Å². The van der Waals surface area contributed by atoms with Gasteiger partial charge in [0.1, 0.15) is 12.4 Å². The Labute approximate surface area is 66.3 Å². The first-order valence-corrected chi connectivity index (χ1v) is 3.73. The van der Waals surface area contributed by atoms with Crippen LogP contribution in [0.2, 0.25) is 0 Å². The van der Waals surface area contributed by atoms with Gasteiger partial charge in [-0.25, -0.2) is 9.55 Å². The Morgan fingerprint density at radius 1 is 1.73 bits per heavy atom. The molecule has 1 heterocycles. The molecule has 0 spiro atoms. The molecule has 0 bridgehead atoms. The van der Waals surface area contributed by atoms with Gasteiger partial charge in [0.15, 0.2) is 0 Å². The highest BCUT2D eigenvalue weighted by Crippen LogP contribution is 1.95. The van der Waals surface area contributed by atoms with Crippen molar-refractivity contribution in [3.05, 3.63) is 18.2 Å². The van der Waals surface area contributed by atoms with Crippen molar-refractivity contribution in [3.63, 3.8) is 0 Å². The Bertz CT molecular complexity index is 257. The Balaban J connectivity index is 2.40. The zero-order valence-corrected chi connectivity index (χ0v) is 6.67. The lowest BCUT2D eigenvalue weighted by Gasteiger charge is -1.90. The number of nitriles is 1. The van der Waals surface area contributed by atoms with Gasteiger partial charge in [0.2, 0.25) is 0 Å². The number of aryl methyl sites for hydroxylation is 2. The molecule has 1 rings (SSSR count). The van der Waals surface area contributed by atoms with E-state index in [4.69, 9.17) is 5.26 Å². The first kappa shape index (κ1) is 7.80. The van der Waals surface area contributed by atoms with Crippen molar-refractivity contribution >= 4 is 0 Å². The number of aromatic amines is 1. The molecule has 3 heteroatoms. The average molecular weight is 150 g/mol. The lowest BCUT2D eigenvalue weighted by molar-refractivity contribution is -0.677. The second kappa shape index (κ2) is 3.77. The molecule has 1 aromatic heterocycles. The molecule has 0 saturated carbocycles. The highest BCUT2D eigenvalue weighted by molar-refractivity contribution is 4.79. The Hall–Kier alpha value is -1.30. The van der Waals surface area contributed by atoms with Gasteiger partial charge in [0.25, 0.3) is 5.82 Å². The fourth-order valence-electron chi connectivity index (χ4n) is 1.02. The first-order chi connectivity index (χ1) is 5.34. The molecule has 1 N–H and O–H groups in total. The number of nitrogens with one attached hydrogen (secondary N) is 1. The topological polar surface area (TPSA) is 43.5 Å².